The average Bonchev–Trinajstić information content (AvgIpc) is 2.72. The van der Waals surface area contributed by atoms with Crippen LogP contribution in [0, 0.1) is 11.3 Å². The third-order valence-electron chi connectivity index (χ3n) is 2.48. The van der Waals surface area contributed by atoms with Gasteiger partial charge in [-0.15, -0.1) is 0 Å². The summed E-state index contributed by atoms with van der Waals surface area (Å²) in [6.07, 6.45) is 8.39. The first kappa shape index (κ1) is 8.95. The summed E-state index contributed by atoms with van der Waals surface area (Å²) in [6.45, 7) is 0. The van der Waals surface area contributed by atoms with E-state index in [0.717, 1.165) is 5.69 Å². The molecule has 4 heteroatoms. The van der Waals surface area contributed by atoms with Gasteiger partial charge in [-0.1, -0.05) is 12.8 Å². The van der Waals surface area contributed by atoms with Crippen LogP contribution in [0.3, 0.4) is 0 Å². The molecule has 0 spiro atoms. The Labute approximate surface area is 83.0 Å². The van der Waals surface area contributed by atoms with E-state index in [1.165, 1.54) is 25.7 Å². The molecule has 0 atom stereocenters. The lowest BCUT2D eigenvalue weighted by Gasteiger charge is -2.11. The van der Waals surface area contributed by atoms with Crippen molar-refractivity contribution in [3.05, 3.63) is 18.2 Å². The van der Waals surface area contributed by atoms with Gasteiger partial charge in [-0.05, 0) is 12.8 Å². The van der Waals surface area contributed by atoms with Crippen molar-refractivity contribution in [2.24, 2.45) is 0 Å². The van der Waals surface area contributed by atoms with Crippen LogP contribution in [-0.4, -0.2) is 16.0 Å². The minimum atomic E-state index is 0.224. The van der Waals surface area contributed by atoms with Crippen molar-refractivity contribution in [2.75, 3.05) is 5.32 Å². The zero-order chi connectivity index (χ0) is 9.80. The minimum absolute atomic E-state index is 0.224. The number of anilines is 1. The minimum Gasteiger partial charge on any atom is -0.380 e. The van der Waals surface area contributed by atoms with E-state index in [1.807, 2.05) is 6.07 Å². The standard InChI is InChI=1S/C10H12N4/c11-5-10-12-6-9(7-13-10)14-8-3-1-2-4-8/h6-8,14H,1-4H2. The number of hydrogen-bond acceptors (Lipinski definition) is 4. The lowest BCUT2D eigenvalue weighted by Crippen LogP contribution is -2.14. The predicted molar refractivity (Wildman–Crippen MR) is 52.6 cm³/mol. The van der Waals surface area contributed by atoms with E-state index in [0.29, 0.717) is 6.04 Å². The number of hydrogen-bond donors (Lipinski definition) is 1. The average molecular weight is 188 g/mol. The van der Waals surface area contributed by atoms with Crippen molar-refractivity contribution in [1.29, 1.82) is 5.26 Å². The quantitative estimate of drug-likeness (QED) is 0.767. The summed E-state index contributed by atoms with van der Waals surface area (Å²) in [5, 5.41) is 11.9. The zero-order valence-corrected chi connectivity index (χ0v) is 7.90. The second-order valence-corrected chi connectivity index (χ2v) is 3.53. The van der Waals surface area contributed by atoms with Crippen molar-refractivity contribution >= 4 is 5.69 Å². The second kappa shape index (κ2) is 4.05. The molecule has 1 fully saturated rings. The van der Waals surface area contributed by atoms with Gasteiger partial charge in [-0.3, -0.25) is 0 Å². The Bertz CT molecular complexity index is 332. The topological polar surface area (TPSA) is 61.6 Å². The van der Waals surface area contributed by atoms with E-state index in [2.05, 4.69) is 15.3 Å². The summed E-state index contributed by atoms with van der Waals surface area (Å²) >= 11 is 0. The van der Waals surface area contributed by atoms with E-state index in [-0.39, 0.29) is 5.82 Å². The summed E-state index contributed by atoms with van der Waals surface area (Å²) in [5.41, 5.74) is 0.913. The van der Waals surface area contributed by atoms with Crippen molar-refractivity contribution in [2.45, 2.75) is 31.7 Å². The van der Waals surface area contributed by atoms with E-state index in [1.54, 1.807) is 12.4 Å². The molecule has 1 N–H and O–H groups in total. The molecular formula is C10H12N4. The summed E-state index contributed by atoms with van der Waals surface area (Å²) in [7, 11) is 0. The van der Waals surface area contributed by atoms with Gasteiger partial charge >= 0.3 is 0 Å². The van der Waals surface area contributed by atoms with E-state index in [4.69, 9.17) is 5.26 Å². The van der Waals surface area contributed by atoms with Gasteiger partial charge in [-0.2, -0.15) is 5.26 Å². The van der Waals surface area contributed by atoms with Crippen LogP contribution < -0.4 is 5.32 Å². The molecule has 72 valence electrons. The molecule has 14 heavy (non-hydrogen) atoms. The van der Waals surface area contributed by atoms with Crippen LogP contribution in [0.15, 0.2) is 12.4 Å². The molecule has 2 rings (SSSR count). The number of nitrogens with one attached hydrogen (secondary N) is 1. The highest BCUT2D eigenvalue weighted by atomic mass is 15.0. The molecule has 1 heterocycles. The van der Waals surface area contributed by atoms with Gasteiger partial charge in [0.05, 0.1) is 18.1 Å². The largest absolute Gasteiger partial charge is 0.380 e. The normalized spacial score (nSPS) is 16.5. The fourth-order valence-corrected chi connectivity index (χ4v) is 1.77. The Morgan fingerprint density at radius 3 is 2.50 bits per heavy atom. The Kier molecular flexibility index (Phi) is 2.59. The molecule has 1 saturated carbocycles. The maximum absolute atomic E-state index is 8.52. The lowest BCUT2D eigenvalue weighted by molar-refractivity contribution is 0.753. The van der Waals surface area contributed by atoms with Gasteiger partial charge in [0, 0.05) is 6.04 Å². The molecular weight excluding hydrogens is 176 g/mol. The van der Waals surface area contributed by atoms with Crippen LogP contribution in [0.25, 0.3) is 0 Å². The molecule has 0 radical (unpaired) electrons. The number of rotatable bonds is 2. The van der Waals surface area contributed by atoms with Gasteiger partial charge in [0.1, 0.15) is 6.07 Å². The van der Waals surface area contributed by atoms with Crippen molar-refractivity contribution < 1.29 is 0 Å². The molecule has 1 aliphatic carbocycles. The second-order valence-electron chi connectivity index (χ2n) is 3.53. The van der Waals surface area contributed by atoms with Crippen molar-refractivity contribution in [3.63, 3.8) is 0 Å². The van der Waals surface area contributed by atoms with Gasteiger partial charge in [0.2, 0.25) is 5.82 Å². The van der Waals surface area contributed by atoms with Crippen LogP contribution in [-0.2, 0) is 0 Å². The van der Waals surface area contributed by atoms with Crippen LogP contribution in [0.4, 0.5) is 5.69 Å². The molecule has 1 aromatic rings. The highest BCUT2D eigenvalue weighted by molar-refractivity contribution is 5.39. The molecule has 0 aromatic carbocycles. The molecule has 0 aliphatic heterocycles. The maximum atomic E-state index is 8.52. The Morgan fingerprint density at radius 1 is 1.29 bits per heavy atom. The predicted octanol–water partition coefficient (Wildman–Crippen LogP) is 1.70. The molecule has 0 unspecified atom stereocenters. The molecule has 4 nitrogen and oxygen atoms in total. The summed E-state index contributed by atoms with van der Waals surface area (Å²) in [6, 6.07) is 2.46. The molecule has 0 amide bonds. The first-order chi connectivity index (χ1) is 6.88. The highest BCUT2D eigenvalue weighted by Gasteiger charge is 2.14. The number of nitrogens with zero attached hydrogens (tertiary/aromatic N) is 3. The summed E-state index contributed by atoms with van der Waals surface area (Å²) in [4.78, 5) is 7.81. The Morgan fingerprint density at radius 2 is 1.93 bits per heavy atom. The first-order valence-corrected chi connectivity index (χ1v) is 4.87. The van der Waals surface area contributed by atoms with Gasteiger partial charge < -0.3 is 5.32 Å². The number of aromatic nitrogens is 2. The molecule has 0 saturated heterocycles. The van der Waals surface area contributed by atoms with Crippen LogP contribution in [0.5, 0.6) is 0 Å². The highest BCUT2D eigenvalue weighted by Crippen LogP contribution is 2.21. The first-order valence-electron chi connectivity index (χ1n) is 4.87. The SMILES string of the molecule is N#Cc1ncc(NC2CCCC2)cn1. The molecule has 1 aromatic heterocycles. The van der Waals surface area contributed by atoms with Crippen LogP contribution >= 0.6 is 0 Å². The smallest absolute Gasteiger partial charge is 0.232 e. The molecule has 0 bridgehead atoms. The zero-order valence-electron chi connectivity index (χ0n) is 7.90. The monoisotopic (exact) mass is 188 g/mol. The van der Waals surface area contributed by atoms with E-state index < -0.39 is 0 Å². The Hall–Kier alpha value is -1.63. The van der Waals surface area contributed by atoms with Crippen molar-refractivity contribution in [3.8, 4) is 6.07 Å². The molecule has 1 aliphatic rings. The van der Waals surface area contributed by atoms with Gasteiger partial charge in [-0.25, -0.2) is 9.97 Å². The lowest BCUT2D eigenvalue weighted by atomic mass is 10.2. The van der Waals surface area contributed by atoms with E-state index in [9.17, 15) is 0 Å². The van der Waals surface area contributed by atoms with Crippen LogP contribution in [0.1, 0.15) is 31.5 Å². The fourth-order valence-electron chi connectivity index (χ4n) is 1.77. The maximum Gasteiger partial charge on any atom is 0.232 e. The van der Waals surface area contributed by atoms with Crippen molar-refractivity contribution in [1.82, 2.24) is 9.97 Å². The van der Waals surface area contributed by atoms with Crippen LogP contribution in [0.2, 0.25) is 0 Å². The third kappa shape index (κ3) is 1.99. The number of nitriles is 1. The summed E-state index contributed by atoms with van der Waals surface area (Å²) in [5.74, 6) is 0.224. The third-order valence-corrected chi connectivity index (χ3v) is 2.48. The van der Waals surface area contributed by atoms with Gasteiger partial charge in [0.15, 0.2) is 0 Å². The van der Waals surface area contributed by atoms with Gasteiger partial charge in [0.25, 0.3) is 0 Å². The summed E-state index contributed by atoms with van der Waals surface area (Å²) < 4.78 is 0. The van der Waals surface area contributed by atoms with E-state index >= 15 is 0 Å². The Balaban J connectivity index is 1.99. The fraction of sp³-hybridized carbons (Fsp3) is 0.500.